The molecule has 2 aromatic rings. The van der Waals surface area contributed by atoms with Crippen LogP contribution in [0.3, 0.4) is 0 Å². The number of carbonyl (C=O) groups excluding carboxylic acids is 2. The lowest BCUT2D eigenvalue weighted by Gasteiger charge is -2.41. The minimum absolute atomic E-state index is 0.100. The standard InChI is InChI=1S/C20H24N8O2S/c1-13(16-10-24-18(31-16)25-14(2)29)27-5-3-20(4-6-27)12-28(19(30)26-20)11-17-22-8-15(7-21)9-23-17/h8-10,13H,3-6,11-12H2,1-2H3,(H,26,30)(H,24,25,29)/t13-/m1/s1. The molecular weight excluding hydrogens is 416 g/mol. The van der Waals surface area contributed by atoms with Crippen molar-refractivity contribution in [1.82, 2.24) is 30.1 Å². The first-order valence-corrected chi connectivity index (χ1v) is 10.9. The third-order valence-corrected chi connectivity index (χ3v) is 6.92. The highest BCUT2D eigenvalue weighted by Crippen LogP contribution is 2.34. The number of nitrogens with zero attached hydrogens (tertiary/aromatic N) is 6. The molecule has 0 bridgehead atoms. The molecule has 1 spiro atoms. The van der Waals surface area contributed by atoms with Crippen molar-refractivity contribution in [1.29, 1.82) is 5.26 Å². The largest absolute Gasteiger partial charge is 0.331 e. The van der Waals surface area contributed by atoms with E-state index in [0.29, 0.717) is 29.6 Å². The Kier molecular flexibility index (Phi) is 5.84. The molecule has 2 N–H and O–H groups in total. The van der Waals surface area contributed by atoms with E-state index in [1.807, 2.05) is 12.3 Å². The maximum absolute atomic E-state index is 12.6. The summed E-state index contributed by atoms with van der Waals surface area (Å²) >= 11 is 1.49. The second kappa shape index (κ2) is 8.56. The van der Waals surface area contributed by atoms with Gasteiger partial charge in [-0.2, -0.15) is 5.26 Å². The van der Waals surface area contributed by atoms with E-state index in [4.69, 9.17) is 5.26 Å². The van der Waals surface area contributed by atoms with Gasteiger partial charge in [-0.15, -0.1) is 11.3 Å². The van der Waals surface area contributed by atoms with Crippen molar-refractivity contribution in [3.05, 3.63) is 34.9 Å². The number of rotatable bonds is 5. The van der Waals surface area contributed by atoms with Crippen LogP contribution in [-0.4, -0.2) is 61.9 Å². The Labute approximate surface area is 184 Å². The van der Waals surface area contributed by atoms with Crippen LogP contribution in [0, 0.1) is 11.3 Å². The second-order valence-corrected chi connectivity index (χ2v) is 9.09. The van der Waals surface area contributed by atoms with Crippen LogP contribution >= 0.6 is 11.3 Å². The van der Waals surface area contributed by atoms with Gasteiger partial charge in [0.2, 0.25) is 5.91 Å². The molecule has 4 rings (SSSR count). The van der Waals surface area contributed by atoms with Crippen LogP contribution in [0.25, 0.3) is 0 Å². The molecule has 0 unspecified atom stereocenters. The van der Waals surface area contributed by atoms with Crippen molar-refractivity contribution in [3.8, 4) is 6.07 Å². The molecule has 31 heavy (non-hydrogen) atoms. The number of piperidine rings is 1. The molecule has 2 aromatic heterocycles. The van der Waals surface area contributed by atoms with Gasteiger partial charge in [0, 0.05) is 56.1 Å². The zero-order valence-corrected chi connectivity index (χ0v) is 18.3. The molecule has 0 radical (unpaired) electrons. The van der Waals surface area contributed by atoms with Crippen molar-refractivity contribution in [3.63, 3.8) is 0 Å². The molecule has 2 saturated heterocycles. The Bertz CT molecular complexity index is 1010. The van der Waals surface area contributed by atoms with Gasteiger partial charge in [0.15, 0.2) is 5.13 Å². The topological polar surface area (TPSA) is 127 Å². The Morgan fingerprint density at radius 3 is 2.68 bits per heavy atom. The molecule has 0 saturated carbocycles. The smallest absolute Gasteiger partial charge is 0.318 e. The van der Waals surface area contributed by atoms with Gasteiger partial charge >= 0.3 is 6.03 Å². The highest BCUT2D eigenvalue weighted by Gasteiger charge is 2.45. The molecule has 2 aliphatic heterocycles. The highest BCUT2D eigenvalue weighted by molar-refractivity contribution is 7.15. The Morgan fingerprint density at radius 1 is 1.32 bits per heavy atom. The molecule has 2 aliphatic rings. The van der Waals surface area contributed by atoms with Crippen LogP contribution in [0.1, 0.15) is 49.0 Å². The molecule has 10 nitrogen and oxygen atoms in total. The summed E-state index contributed by atoms with van der Waals surface area (Å²) in [4.78, 5) is 41.6. The number of nitriles is 1. The SMILES string of the molecule is CC(=O)Nc1ncc([C@@H](C)N2CCC3(CC2)CN(Cc2ncc(C#N)cn2)C(=O)N3)s1. The first-order valence-electron chi connectivity index (χ1n) is 10.1. The predicted octanol–water partition coefficient (Wildman–Crippen LogP) is 1.88. The summed E-state index contributed by atoms with van der Waals surface area (Å²) in [6.45, 7) is 6.27. The van der Waals surface area contributed by atoms with Crippen molar-refractivity contribution < 1.29 is 9.59 Å². The van der Waals surface area contributed by atoms with Gasteiger partial charge in [-0.05, 0) is 19.8 Å². The minimum Gasteiger partial charge on any atom is -0.331 e. The van der Waals surface area contributed by atoms with E-state index < -0.39 is 0 Å². The maximum atomic E-state index is 12.6. The highest BCUT2D eigenvalue weighted by atomic mass is 32.1. The number of amides is 3. The summed E-state index contributed by atoms with van der Waals surface area (Å²) < 4.78 is 0. The van der Waals surface area contributed by atoms with Gasteiger partial charge in [0.05, 0.1) is 17.6 Å². The molecule has 4 heterocycles. The number of aromatic nitrogens is 3. The minimum atomic E-state index is -0.241. The lowest BCUT2D eigenvalue weighted by molar-refractivity contribution is -0.114. The zero-order valence-electron chi connectivity index (χ0n) is 17.5. The fraction of sp³-hybridized carbons (Fsp3) is 0.500. The molecular formula is C20H24N8O2S. The van der Waals surface area contributed by atoms with Crippen LogP contribution in [0.4, 0.5) is 9.93 Å². The third-order valence-electron chi connectivity index (χ3n) is 5.84. The average molecular weight is 441 g/mol. The van der Waals surface area contributed by atoms with Crippen LogP contribution in [0.5, 0.6) is 0 Å². The van der Waals surface area contributed by atoms with Crippen LogP contribution in [0.2, 0.25) is 0 Å². The predicted molar refractivity (Wildman–Crippen MR) is 114 cm³/mol. The van der Waals surface area contributed by atoms with Crippen LogP contribution in [-0.2, 0) is 11.3 Å². The zero-order chi connectivity index (χ0) is 22.0. The Hall–Kier alpha value is -3.10. The number of anilines is 1. The summed E-state index contributed by atoms with van der Waals surface area (Å²) in [6.07, 6.45) is 6.48. The van der Waals surface area contributed by atoms with Gasteiger partial charge in [-0.25, -0.2) is 19.7 Å². The van der Waals surface area contributed by atoms with Crippen LogP contribution < -0.4 is 10.6 Å². The fourth-order valence-corrected chi connectivity index (χ4v) is 5.01. The first-order chi connectivity index (χ1) is 14.9. The normalized spacial score (nSPS) is 19.1. The molecule has 11 heteroatoms. The van der Waals surface area contributed by atoms with E-state index in [2.05, 4.69) is 37.4 Å². The summed E-state index contributed by atoms with van der Waals surface area (Å²) in [7, 11) is 0. The van der Waals surface area contributed by atoms with Gasteiger partial charge in [-0.3, -0.25) is 9.69 Å². The van der Waals surface area contributed by atoms with E-state index in [-0.39, 0.29) is 23.5 Å². The van der Waals surface area contributed by atoms with Crippen molar-refractivity contribution in [2.45, 2.75) is 44.8 Å². The maximum Gasteiger partial charge on any atom is 0.318 e. The third kappa shape index (κ3) is 4.65. The average Bonchev–Trinajstić information content (AvgIpc) is 3.33. The summed E-state index contributed by atoms with van der Waals surface area (Å²) in [6, 6.07) is 2.09. The summed E-state index contributed by atoms with van der Waals surface area (Å²) in [5.74, 6) is 0.402. The monoisotopic (exact) mass is 440 g/mol. The molecule has 0 aromatic carbocycles. The summed E-state index contributed by atoms with van der Waals surface area (Å²) in [5, 5.41) is 15.4. The van der Waals surface area contributed by atoms with Gasteiger partial charge in [-0.1, -0.05) is 0 Å². The molecule has 2 fully saturated rings. The molecule has 162 valence electrons. The van der Waals surface area contributed by atoms with Crippen molar-refractivity contribution in [2.24, 2.45) is 0 Å². The van der Waals surface area contributed by atoms with Gasteiger partial charge in [0.1, 0.15) is 11.9 Å². The lowest BCUT2D eigenvalue weighted by Crippen LogP contribution is -2.52. The van der Waals surface area contributed by atoms with Gasteiger partial charge < -0.3 is 15.5 Å². The molecule has 3 amide bonds. The fourth-order valence-electron chi connectivity index (χ4n) is 4.07. The van der Waals surface area contributed by atoms with E-state index in [0.717, 1.165) is 30.8 Å². The molecule has 1 atom stereocenters. The number of carbonyl (C=O) groups is 2. The Balaban J connectivity index is 1.34. The number of thiazole rings is 1. The van der Waals surface area contributed by atoms with E-state index in [1.165, 1.54) is 30.7 Å². The summed E-state index contributed by atoms with van der Waals surface area (Å²) in [5.41, 5.74) is 0.160. The number of hydrogen-bond donors (Lipinski definition) is 2. The van der Waals surface area contributed by atoms with Gasteiger partial charge in [0.25, 0.3) is 0 Å². The number of nitrogens with one attached hydrogen (secondary N) is 2. The Morgan fingerprint density at radius 2 is 2.03 bits per heavy atom. The van der Waals surface area contributed by atoms with Crippen molar-refractivity contribution >= 4 is 28.4 Å². The van der Waals surface area contributed by atoms with Crippen LogP contribution in [0.15, 0.2) is 18.6 Å². The number of hydrogen-bond acceptors (Lipinski definition) is 8. The quantitative estimate of drug-likeness (QED) is 0.727. The van der Waals surface area contributed by atoms with E-state index in [9.17, 15) is 9.59 Å². The number of urea groups is 1. The number of likely N-dealkylation sites (tertiary alicyclic amines) is 1. The van der Waals surface area contributed by atoms with Crippen molar-refractivity contribution in [2.75, 3.05) is 25.0 Å². The van der Waals surface area contributed by atoms with E-state index in [1.54, 1.807) is 4.90 Å². The second-order valence-electron chi connectivity index (χ2n) is 8.03. The lowest BCUT2D eigenvalue weighted by atomic mass is 9.87. The molecule has 0 aliphatic carbocycles. The first kappa shape index (κ1) is 21.1. The van der Waals surface area contributed by atoms with E-state index >= 15 is 0 Å².